The van der Waals surface area contributed by atoms with E-state index in [0.29, 0.717) is 38.5 Å². The van der Waals surface area contributed by atoms with Crippen molar-refractivity contribution >= 4 is 0 Å². The Morgan fingerprint density at radius 3 is 1.82 bits per heavy atom. The first-order valence-corrected chi connectivity index (χ1v) is 26.9. The summed E-state index contributed by atoms with van der Waals surface area (Å²) < 4.78 is 62.0. The zero-order chi connectivity index (χ0) is 53.3. The Labute approximate surface area is 430 Å². The molecule has 13 N–H and O–H groups in total. The Bertz CT molecular complexity index is 2000. The quantitative estimate of drug-likeness (QED) is 0.0927. The summed E-state index contributed by atoms with van der Waals surface area (Å²) >= 11 is 0. The van der Waals surface area contributed by atoms with Crippen LogP contribution in [-0.4, -0.2) is 239 Å². The van der Waals surface area contributed by atoms with E-state index in [9.17, 15) is 66.4 Å². The van der Waals surface area contributed by atoms with E-state index in [4.69, 9.17) is 47.4 Å². The van der Waals surface area contributed by atoms with Gasteiger partial charge in [0, 0.05) is 23.7 Å². The standard InChI is InChI=1S/C51H82O23/c1-19-31-27(73-51(19)12-11-48(4,74-51)18-65-44-38(61)37(60)34(57)28(16-52)69-44)14-26-24-8-7-22-13-23(9-10-49(22,5)25(24)15-30(54)50(26,31)6)68-47-43(72-46-40(63)36(59)33(56)21(3)67-46)41(64)42(29(17-53)70-47)71-45-39(62)35(58)32(55)20(2)66-45/h7,19-21,23-47,52-64H,8-18H2,1-6H3/t19-,20-,21-,23-,24+,25-,26-,27-,28+,29+,30-,31-,32-,33-,34+,35+,36+,37-,38+,39+,40+,41-,42+,43+,44+,45-,46-,47+,48-,49-,50+,51-/m0/s1. The van der Waals surface area contributed by atoms with E-state index in [1.165, 1.54) is 19.4 Å². The lowest BCUT2D eigenvalue weighted by Gasteiger charge is -2.60. The number of aliphatic hydroxyl groups excluding tert-OH is 13. The number of hydrogen-bond donors (Lipinski definition) is 13. The highest BCUT2D eigenvalue weighted by Gasteiger charge is 2.72. The van der Waals surface area contributed by atoms with Gasteiger partial charge in [-0.2, -0.15) is 0 Å². The molecule has 0 aromatic heterocycles. The molecular formula is C51H82O23. The molecule has 4 aliphatic carbocycles. The molecule has 0 aromatic carbocycles. The zero-order valence-corrected chi connectivity index (χ0v) is 42.9. The maximum Gasteiger partial charge on any atom is 0.187 e. The maximum atomic E-state index is 12.5. The van der Waals surface area contributed by atoms with E-state index in [-0.39, 0.29) is 47.7 Å². The van der Waals surface area contributed by atoms with Crippen molar-refractivity contribution in [2.24, 2.45) is 40.4 Å². The van der Waals surface area contributed by atoms with Gasteiger partial charge in [-0.25, -0.2) is 0 Å². The highest BCUT2D eigenvalue weighted by atomic mass is 16.8. The van der Waals surface area contributed by atoms with Crippen LogP contribution in [0.15, 0.2) is 11.6 Å². The second kappa shape index (κ2) is 20.7. The van der Waals surface area contributed by atoms with Gasteiger partial charge < -0.3 is 114 Å². The minimum atomic E-state index is -1.77. The number of rotatable bonds is 11. The van der Waals surface area contributed by atoms with Gasteiger partial charge in [-0.05, 0) is 88.9 Å². The van der Waals surface area contributed by atoms with Crippen LogP contribution >= 0.6 is 0 Å². The summed E-state index contributed by atoms with van der Waals surface area (Å²) in [5.41, 5.74) is -0.456. The van der Waals surface area contributed by atoms with Crippen molar-refractivity contribution in [1.82, 2.24) is 0 Å². The fourth-order valence-electron chi connectivity index (χ4n) is 15.5. The van der Waals surface area contributed by atoms with Crippen LogP contribution < -0.4 is 0 Å². The van der Waals surface area contributed by atoms with Gasteiger partial charge in [0.05, 0.1) is 55.9 Å². The largest absolute Gasteiger partial charge is 0.394 e. The second-order valence-corrected chi connectivity index (χ2v) is 24.2. The van der Waals surface area contributed by atoms with Gasteiger partial charge in [-0.3, -0.25) is 0 Å². The van der Waals surface area contributed by atoms with Crippen LogP contribution in [0.3, 0.4) is 0 Å². The summed E-state index contributed by atoms with van der Waals surface area (Å²) in [6.07, 6.45) is -23.4. The number of allylic oxidation sites excluding steroid dienone is 1. The highest BCUT2D eigenvalue weighted by molar-refractivity contribution is 5.28. The molecule has 23 heteroatoms. The molecule has 0 bridgehead atoms. The molecule has 9 fully saturated rings. The SMILES string of the molecule is C[C@@H]1O[C@@H](O[C@H]2[C@H](O[C@H]3CC[C@@]4(C)C(=CC[C@H]5[C@@H]6C[C@@H]7O[C@]8(CC[C@@](C)(CO[C@@H]9O[C@H](CO)[C@@H](O)[C@H](O)[C@H]9O)O8)[C@@H](C)[C@@H]7[C@@]6(C)[C@@H](O)C[C@@H]54)C3)O[C@H](CO)[C@@H](O[C@@H]3O[C@@H](C)[C@H](O)[C@@H](O)[C@H]3O)[C@@H]2O)[C@H](O)[C@H](O)[C@H]1O. The Morgan fingerprint density at radius 2 is 1.19 bits per heavy atom. The molecule has 6 heterocycles. The molecule has 74 heavy (non-hydrogen) atoms. The third-order valence-electron chi connectivity index (χ3n) is 20.0. The van der Waals surface area contributed by atoms with E-state index in [1.807, 2.05) is 6.92 Å². The van der Waals surface area contributed by atoms with Gasteiger partial charge in [-0.1, -0.05) is 32.4 Å². The Hall–Kier alpha value is -1.18. The molecule has 10 rings (SSSR count). The first kappa shape index (κ1) is 56.1. The van der Waals surface area contributed by atoms with E-state index in [1.54, 1.807) is 0 Å². The Balaban J connectivity index is 0.821. The van der Waals surface area contributed by atoms with Crippen molar-refractivity contribution in [3.8, 4) is 0 Å². The first-order valence-electron chi connectivity index (χ1n) is 26.9. The van der Waals surface area contributed by atoms with Gasteiger partial charge in [0.2, 0.25) is 0 Å². The van der Waals surface area contributed by atoms with Gasteiger partial charge >= 0.3 is 0 Å². The number of ether oxygens (including phenoxy) is 10. The minimum Gasteiger partial charge on any atom is -0.394 e. The van der Waals surface area contributed by atoms with E-state index in [2.05, 4.69) is 26.8 Å². The molecule has 6 aliphatic heterocycles. The maximum absolute atomic E-state index is 12.5. The molecule has 3 saturated carbocycles. The summed E-state index contributed by atoms with van der Waals surface area (Å²) in [5.74, 6) is -0.495. The molecule has 424 valence electrons. The number of aliphatic hydroxyl groups is 13. The Kier molecular flexibility index (Phi) is 15.7. The molecule has 10 aliphatic rings. The van der Waals surface area contributed by atoms with Crippen molar-refractivity contribution in [2.75, 3.05) is 19.8 Å². The molecule has 0 unspecified atom stereocenters. The van der Waals surface area contributed by atoms with E-state index < -0.39 is 165 Å². The van der Waals surface area contributed by atoms with Crippen molar-refractivity contribution in [3.63, 3.8) is 0 Å². The summed E-state index contributed by atoms with van der Waals surface area (Å²) in [5, 5.41) is 140. The number of hydrogen-bond acceptors (Lipinski definition) is 23. The third-order valence-corrected chi connectivity index (χ3v) is 20.0. The zero-order valence-electron chi connectivity index (χ0n) is 42.9. The lowest BCUT2D eigenvalue weighted by atomic mass is 9.46. The molecule has 0 radical (unpaired) electrons. The minimum absolute atomic E-state index is 0.00628. The lowest BCUT2D eigenvalue weighted by Crippen LogP contribution is -2.66. The van der Waals surface area contributed by atoms with Crippen LogP contribution in [0, 0.1) is 40.4 Å². The fraction of sp³-hybridized carbons (Fsp3) is 0.961. The third kappa shape index (κ3) is 9.19. The van der Waals surface area contributed by atoms with Crippen LogP contribution in [0.25, 0.3) is 0 Å². The summed E-state index contributed by atoms with van der Waals surface area (Å²) in [6.45, 7) is 10.2. The molecule has 1 spiro atoms. The predicted octanol–water partition coefficient (Wildman–Crippen LogP) is -2.85. The predicted molar refractivity (Wildman–Crippen MR) is 248 cm³/mol. The average Bonchev–Trinajstić information content (AvgIpc) is 3.98. The van der Waals surface area contributed by atoms with Crippen molar-refractivity contribution in [2.45, 2.75) is 245 Å². The van der Waals surface area contributed by atoms with Crippen LogP contribution in [0.5, 0.6) is 0 Å². The van der Waals surface area contributed by atoms with Crippen molar-refractivity contribution in [1.29, 1.82) is 0 Å². The van der Waals surface area contributed by atoms with Gasteiger partial charge in [0.1, 0.15) is 85.5 Å². The molecule has 23 nitrogen and oxygen atoms in total. The molecular weight excluding hydrogens is 981 g/mol. The topological polar surface area (TPSA) is 355 Å². The molecule has 6 saturated heterocycles. The monoisotopic (exact) mass is 1060 g/mol. The fourth-order valence-corrected chi connectivity index (χ4v) is 15.5. The van der Waals surface area contributed by atoms with Gasteiger partial charge in [-0.15, -0.1) is 0 Å². The van der Waals surface area contributed by atoms with Crippen LogP contribution in [0.2, 0.25) is 0 Å². The smallest absolute Gasteiger partial charge is 0.187 e. The van der Waals surface area contributed by atoms with Crippen LogP contribution in [0.4, 0.5) is 0 Å². The van der Waals surface area contributed by atoms with Crippen molar-refractivity contribution in [3.05, 3.63) is 11.6 Å². The summed E-state index contributed by atoms with van der Waals surface area (Å²) in [7, 11) is 0. The average molecular weight is 1060 g/mol. The van der Waals surface area contributed by atoms with E-state index >= 15 is 0 Å². The summed E-state index contributed by atoms with van der Waals surface area (Å²) in [6, 6.07) is 0. The van der Waals surface area contributed by atoms with Gasteiger partial charge in [0.15, 0.2) is 30.9 Å². The first-order chi connectivity index (χ1) is 34.9. The normalized spacial score (nSPS) is 58.4. The second-order valence-electron chi connectivity index (χ2n) is 24.2. The molecule has 0 amide bonds. The van der Waals surface area contributed by atoms with E-state index in [0.717, 1.165) is 12.8 Å². The van der Waals surface area contributed by atoms with Crippen molar-refractivity contribution < 1.29 is 114 Å². The highest BCUT2D eigenvalue weighted by Crippen LogP contribution is 2.71. The number of fused-ring (bicyclic) bond motifs is 7. The molecule has 0 aromatic rings. The van der Waals surface area contributed by atoms with Crippen LogP contribution in [-0.2, 0) is 47.4 Å². The summed E-state index contributed by atoms with van der Waals surface area (Å²) in [4.78, 5) is 0. The molecule has 32 atom stereocenters. The Morgan fingerprint density at radius 1 is 0.595 bits per heavy atom. The van der Waals surface area contributed by atoms with Crippen LogP contribution in [0.1, 0.15) is 92.9 Å². The van der Waals surface area contributed by atoms with Gasteiger partial charge in [0.25, 0.3) is 0 Å². The lowest BCUT2D eigenvalue weighted by molar-refractivity contribution is -0.388.